The number of carbonyl (C=O) groups excluding carboxylic acids is 1. The van der Waals surface area contributed by atoms with Gasteiger partial charge in [-0.25, -0.2) is 0 Å². The Morgan fingerprint density at radius 2 is 1.07 bits per heavy atom. The highest BCUT2D eigenvalue weighted by atomic mass is 32.2. The Morgan fingerprint density at radius 3 is 1.48 bits per heavy atom. The first kappa shape index (κ1) is 28.3. The summed E-state index contributed by atoms with van der Waals surface area (Å²) in [5.74, 6) is -0.402. The molecule has 9 heteroatoms. The second-order valence-electron chi connectivity index (χ2n) is 9.46. The molecule has 0 spiro atoms. The fourth-order valence-corrected chi connectivity index (χ4v) is 6.19. The lowest BCUT2D eigenvalue weighted by atomic mass is 9.84. The third-order valence-corrected chi connectivity index (χ3v) is 8.29. The SMILES string of the molecule is O=C(NCc1cc([N+](=O)[O-])cc([N+](=O)[O-])c1)c1ccc(SC(c2ccccc2)(c2ccccc2)c2ccccc2)cc1. The Labute approximate surface area is 246 Å². The normalized spacial score (nSPS) is 11.0. The van der Waals surface area contributed by atoms with E-state index in [1.165, 1.54) is 12.1 Å². The number of hydrogen-bond acceptors (Lipinski definition) is 6. The second kappa shape index (κ2) is 12.5. The molecule has 1 N–H and O–H groups in total. The lowest BCUT2D eigenvalue weighted by Gasteiger charge is -2.35. The van der Waals surface area contributed by atoms with Crippen molar-refractivity contribution in [3.05, 3.63) is 182 Å². The summed E-state index contributed by atoms with van der Waals surface area (Å²) < 4.78 is -0.565. The smallest absolute Gasteiger partial charge is 0.276 e. The van der Waals surface area contributed by atoms with Crippen molar-refractivity contribution in [1.29, 1.82) is 0 Å². The first-order chi connectivity index (χ1) is 20.4. The molecule has 0 aliphatic rings. The molecule has 0 saturated carbocycles. The molecule has 0 aromatic heterocycles. The van der Waals surface area contributed by atoms with E-state index in [4.69, 9.17) is 0 Å². The minimum Gasteiger partial charge on any atom is -0.348 e. The van der Waals surface area contributed by atoms with Crippen molar-refractivity contribution in [2.24, 2.45) is 0 Å². The van der Waals surface area contributed by atoms with Crippen molar-refractivity contribution in [2.45, 2.75) is 16.2 Å². The molecule has 0 atom stereocenters. The Morgan fingerprint density at radius 1 is 0.643 bits per heavy atom. The standard InChI is InChI=1S/C33H25N3O5S/c37-32(34-23-24-20-29(35(38)39)22-30(21-24)36(40)41)25-16-18-31(19-17-25)42-33(26-10-4-1-5-11-26,27-12-6-2-7-13-27)28-14-8-3-9-15-28/h1-22H,23H2,(H,34,37). The molecule has 5 rings (SSSR count). The minimum atomic E-state index is -0.699. The Hall–Kier alpha value is -5.28. The molecular weight excluding hydrogens is 550 g/mol. The number of nitrogens with one attached hydrogen (secondary N) is 1. The summed E-state index contributed by atoms with van der Waals surface area (Å²) in [7, 11) is 0. The summed E-state index contributed by atoms with van der Waals surface area (Å²) in [4.78, 5) is 34.8. The van der Waals surface area contributed by atoms with Gasteiger partial charge in [0.25, 0.3) is 17.3 Å². The lowest BCUT2D eigenvalue weighted by molar-refractivity contribution is -0.394. The molecule has 0 bridgehead atoms. The molecule has 0 unspecified atom stereocenters. The lowest BCUT2D eigenvalue weighted by Crippen LogP contribution is -2.25. The highest BCUT2D eigenvalue weighted by Crippen LogP contribution is 2.51. The van der Waals surface area contributed by atoms with Crippen LogP contribution in [0.3, 0.4) is 0 Å². The summed E-state index contributed by atoms with van der Waals surface area (Å²) in [6.45, 7) is -0.100. The number of hydrogen-bond donors (Lipinski definition) is 1. The van der Waals surface area contributed by atoms with Gasteiger partial charge in [0.15, 0.2) is 0 Å². The quantitative estimate of drug-likeness (QED) is 0.0797. The van der Waals surface area contributed by atoms with Crippen LogP contribution in [-0.4, -0.2) is 15.8 Å². The summed E-state index contributed by atoms with van der Waals surface area (Å²) in [6.07, 6.45) is 0. The van der Waals surface area contributed by atoms with Crippen molar-refractivity contribution >= 4 is 29.0 Å². The number of nitro groups is 2. The summed E-state index contributed by atoms with van der Waals surface area (Å²) in [5.41, 5.74) is 3.17. The van der Waals surface area contributed by atoms with Gasteiger partial charge in [0.2, 0.25) is 0 Å². The van der Waals surface area contributed by atoms with E-state index in [-0.39, 0.29) is 12.1 Å². The number of benzene rings is 5. The third kappa shape index (κ3) is 6.06. The van der Waals surface area contributed by atoms with E-state index in [0.29, 0.717) is 5.56 Å². The molecule has 0 radical (unpaired) electrons. The Bertz CT molecular complexity index is 1590. The van der Waals surface area contributed by atoms with E-state index < -0.39 is 31.9 Å². The van der Waals surface area contributed by atoms with Gasteiger partial charge in [-0.05, 0) is 46.5 Å². The molecule has 5 aromatic carbocycles. The predicted molar refractivity (Wildman–Crippen MR) is 162 cm³/mol. The Balaban J connectivity index is 1.42. The van der Waals surface area contributed by atoms with Gasteiger partial charge >= 0.3 is 0 Å². The zero-order valence-electron chi connectivity index (χ0n) is 22.3. The average Bonchev–Trinajstić information content (AvgIpc) is 3.04. The van der Waals surface area contributed by atoms with Gasteiger partial charge in [-0.3, -0.25) is 25.0 Å². The number of carbonyl (C=O) groups is 1. The molecule has 8 nitrogen and oxygen atoms in total. The minimum absolute atomic E-state index is 0.100. The van der Waals surface area contributed by atoms with Gasteiger partial charge in [-0.15, -0.1) is 11.8 Å². The fourth-order valence-electron chi connectivity index (χ4n) is 4.80. The van der Waals surface area contributed by atoms with Gasteiger partial charge < -0.3 is 5.32 Å². The van der Waals surface area contributed by atoms with Gasteiger partial charge in [0, 0.05) is 29.1 Å². The molecular formula is C33H25N3O5S. The average molecular weight is 576 g/mol. The molecule has 1 amide bonds. The Kier molecular flexibility index (Phi) is 8.40. The molecule has 42 heavy (non-hydrogen) atoms. The van der Waals surface area contributed by atoms with Gasteiger partial charge in [-0.1, -0.05) is 91.0 Å². The van der Waals surface area contributed by atoms with E-state index in [2.05, 4.69) is 41.7 Å². The monoisotopic (exact) mass is 575 g/mol. The first-order valence-electron chi connectivity index (χ1n) is 13.0. The van der Waals surface area contributed by atoms with Crippen molar-refractivity contribution < 1.29 is 14.6 Å². The van der Waals surface area contributed by atoms with Crippen molar-refractivity contribution in [3.8, 4) is 0 Å². The maximum atomic E-state index is 12.9. The van der Waals surface area contributed by atoms with E-state index in [0.717, 1.165) is 27.7 Å². The fraction of sp³-hybridized carbons (Fsp3) is 0.0606. The van der Waals surface area contributed by atoms with E-state index >= 15 is 0 Å². The highest BCUT2D eigenvalue weighted by molar-refractivity contribution is 8.00. The van der Waals surface area contributed by atoms with Crippen LogP contribution in [0, 0.1) is 20.2 Å². The van der Waals surface area contributed by atoms with Crippen molar-refractivity contribution in [3.63, 3.8) is 0 Å². The van der Waals surface area contributed by atoms with Gasteiger partial charge in [0.1, 0.15) is 0 Å². The van der Waals surface area contributed by atoms with Crippen LogP contribution in [0.4, 0.5) is 11.4 Å². The number of thioether (sulfide) groups is 1. The largest absolute Gasteiger partial charge is 0.348 e. The van der Waals surface area contributed by atoms with Crippen LogP contribution in [0.5, 0.6) is 0 Å². The second-order valence-corrected chi connectivity index (χ2v) is 10.7. The van der Waals surface area contributed by atoms with Gasteiger partial charge in [-0.2, -0.15) is 0 Å². The number of nitrogens with zero attached hydrogens (tertiary/aromatic N) is 2. The number of rotatable bonds is 10. The zero-order valence-corrected chi connectivity index (χ0v) is 23.1. The van der Waals surface area contributed by atoms with E-state index in [9.17, 15) is 25.0 Å². The number of amides is 1. The first-order valence-corrected chi connectivity index (χ1v) is 13.8. The molecule has 0 heterocycles. The van der Waals surface area contributed by atoms with Crippen LogP contribution >= 0.6 is 11.8 Å². The summed E-state index contributed by atoms with van der Waals surface area (Å²) in [6, 6.07) is 41.4. The predicted octanol–water partition coefficient (Wildman–Crippen LogP) is 7.52. The maximum absolute atomic E-state index is 12.9. The summed E-state index contributed by atoms with van der Waals surface area (Å²) in [5, 5.41) is 25.1. The molecule has 0 saturated heterocycles. The molecule has 0 fully saturated rings. The number of non-ortho nitro benzene ring substituents is 2. The topological polar surface area (TPSA) is 115 Å². The number of nitro benzene ring substituents is 2. The summed E-state index contributed by atoms with van der Waals surface area (Å²) >= 11 is 1.68. The van der Waals surface area contributed by atoms with Crippen LogP contribution in [0.25, 0.3) is 0 Å². The van der Waals surface area contributed by atoms with Crippen LogP contribution in [-0.2, 0) is 11.3 Å². The van der Waals surface area contributed by atoms with Crippen LogP contribution in [0.15, 0.2) is 138 Å². The van der Waals surface area contributed by atoms with E-state index in [1.54, 1.807) is 23.9 Å². The maximum Gasteiger partial charge on any atom is 0.276 e. The third-order valence-electron chi connectivity index (χ3n) is 6.77. The van der Waals surface area contributed by atoms with Crippen molar-refractivity contribution in [2.75, 3.05) is 0 Å². The molecule has 5 aromatic rings. The van der Waals surface area contributed by atoms with Crippen molar-refractivity contribution in [1.82, 2.24) is 5.32 Å². The zero-order chi connectivity index (χ0) is 29.5. The highest BCUT2D eigenvalue weighted by Gasteiger charge is 2.37. The van der Waals surface area contributed by atoms with Gasteiger partial charge in [0.05, 0.1) is 20.7 Å². The molecule has 0 aliphatic heterocycles. The molecule has 208 valence electrons. The van der Waals surface area contributed by atoms with E-state index in [1.807, 2.05) is 66.7 Å². The van der Waals surface area contributed by atoms with Crippen LogP contribution in [0.2, 0.25) is 0 Å². The molecule has 0 aliphatic carbocycles. The van der Waals surface area contributed by atoms with Crippen LogP contribution in [0.1, 0.15) is 32.6 Å². The van der Waals surface area contributed by atoms with Crippen LogP contribution < -0.4 is 5.32 Å².